The Balaban J connectivity index is 2.90. The zero-order valence-electron chi connectivity index (χ0n) is 5.66. The first-order chi connectivity index (χ1) is 5.33. The molecule has 0 atom stereocenters. The van der Waals surface area contributed by atoms with Crippen LogP contribution in [0.1, 0.15) is 5.56 Å². The van der Waals surface area contributed by atoms with E-state index in [0.29, 0.717) is 0 Å². The molecule has 1 rings (SSSR count). The molecule has 0 N–H and O–H groups in total. The average molecular weight is 209 g/mol. The summed E-state index contributed by atoms with van der Waals surface area (Å²) in [6.07, 6.45) is 6.52. The fourth-order valence-corrected chi connectivity index (χ4v) is 1.04. The Bertz CT molecular complexity index is 312. The van der Waals surface area contributed by atoms with Crippen molar-refractivity contribution in [3.63, 3.8) is 0 Å². The van der Waals surface area contributed by atoms with Crippen molar-refractivity contribution in [1.82, 2.24) is 4.98 Å². The van der Waals surface area contributed by atoms with Gasteiger partial charge in [0, 0.05) is 22.9 Å². The first-order valence-corrected chi connectivity index (χ1v) is 3.79. The summed E-state index contributed by atoms with van der Waals surface area (Å²) in [4.78, 5) is 3.93. The van der Waals surface area contributed by atoms with Crippen molar-refractivity contribution in [3.05, 3.63) is 34.6 Å². The van der Waals surface area contributed by atoms with Crippen molar-refractivity contribution in [2.24, 2.45) is 0 Å². The van der Waals surface area contributed by atoms with E-state index < -0.39 is 0 Å². The summed E-state index contributed by atoms with van der Waals surface area (Å²) in [5.41, 5.74) is 0.918. The van der Waals surface area contributed by atoms with Crippen molar-refractivity contribution in [2.75, 3.05) is 0 Å². The van der Waals surface area contributed by atoms with Crippen LogP contribution in [0.4, 0.5) is 0 Å². The lowest BCUT2D eigenvalue weighted by molar-refractivity contribution is 1.30. The van der Waals surface area contributed by atoms with Crippen molar-refractivity contribution < 1.29 is 0 Å². The summed E-state index contributed by atoms with van der Waals surface area (Å²) >= 11 is 3.27. The van der Waals surface area contributed by atoms with Crippen LogP contribution >= 0.6 is 15.9 Å². The van der Waals surface area contributed by atoms with Crippen LogP contribution in [0.2, 0.25) is 0 Å². The zero-order chi connectivity index (χ0) is 8.10. The van der Waals surface area contributed by atoms with Gasteiger partial charge >= 0.3 is 0 Å². The molecule has 3 heteroatoms. The van der Waals surface area contributed by atoms with Gasteiger partial charge < -0.3 is 0 Å². The van der Waals surface area contributed by atoms with Crippen LogP contribution in [-0.2, 0) is 0 Å². The Morgan fingerprint density at radius 2 is 2.36 bits per heavy atom. The Morgan fingerprint density at radius 1 is 1.55 bits per heavy atom. The number of allylic oxidation sites excluding steroid dienone is 1. The van der Waals surface area contributed by atoms with Crippen LogP contribution < -0.4 is 0 Å². The quantitative estimate of drug-likeness (QED) is 0.665. The average Bonchev–Trinajstić information content (AvgIpc) is 2.01. The molecule has 0 unspecified atom stereocenters. The van der Waals surface area contributed by atoms with E-state index in [0.717, 1.165) is 10.0 Å². The van der Waals surface area contributed by atoms with E-state index in [9.17, 15) is 0 Å². The Hall–Kier alpha value is -1.14. The van der Waals surface area contributed by atoms with E-state index in [1.807, 2.05) is 12.1 Å². The van der Waals surface area contributed by atoms with E-state index in [4.69, 9.17) is 5.26 Å². The topological polar surface area (TPSA) is 36.7 Å². The van der Waals surface area contributed by atoms with Gasteiger partial charge in [-0.3, -0.25) is 4.98 Å². The van der Waals surface area contributed by atoms with Crippen molar-refractivity contribution in [1.29, 1.82) is 5.26 Å². The highest BCUT2D eigenvalue weighted by Gasteiger charge is 1.87. The van der Waals surface area contributed by atoms with Gasteiger partial charge in [0.25, 0.3) is 0 Å². The van der Waals surface area contributed by atoms with Crippen LogP contribution in [0.3, 0.4) is 0 Å². The molecule has 0 spiro atoms. The molecule has 54 valence electrons. The predicted octanol–water partition coefficient (Wildman–Crippen LogP) is 2.38. The van der Waals surface area contributed by atoms with Crippen molar-refractivity contribution in [3.8, 4) is 6.07 Å². The number of pyridine rings is 1. The smallest absolute Gasteiger partial charge is 0.0912 e. The highest BCUT2D eigenvalue weighted by atomic mass is 79.9. The SMILES string of the molecule is N#C/C=C\c1cncc(Br)c1. The minimum absolute atomic E-state index is 0.914. The second kappa shape index (κ2) is 3.89. The predicted molar refractivity (Wildman–Crippen MR) is 46.6 cm³/mol. The van der Waals surface area contributed by atoms with Gasteiger partial charge in [-0.2, -0.15) is 5.26 Å². The van der Waals surface area contributed by atoms with Crippen LogP contribution in [0, 0.1) is 11.3 Å². The summed E-state index contributed by atoms with van der Waals surface area (Å²) < 4.78 is 0.914. The third kappa shape index (κ3) is 2.52. The lowest BCUT2D eigenvalue weighted by atomic mass is 10.3. The first kappa shape index (κ1) is 7.96. The fourth-order valence-electron chi connectivity index (χ4n) is 0.653. The van der Waals surface area contributed by atoms with E-state index in [1.54, 1.807) is 18.5 Å². The maximum absolute atomic E-state index is 8.23. The summed E-state index contributed by atoms with van der Waals surface area (Å²) in [7, 11) is 0. The minimum atomic E-state index is 0.914. The molecule has 1 aromatic rings. The molecule has 0 aliphatic carbocycles. The summed E-state index contributed by atoms with van der Waals surface area (Å²) in [6, 6.07) is 3.80. The van der Waals surface area contributed by atoms with Gasteiger partial charge in [-0.1, -0.05) is 0 Å². The highest BCUT2D eigenvalue weighted by molar-refractivity contribution is 9.10. The zero-order valence-corrected chi connectivity index (χ0v) is 7.25. The van der Waals surface area contributed by atoms with E-state index in [1.165, 1.54) is 6.08 Å². The molecule has 0 radical (unpaired) electrons. The second-order valence-electron chi connectivity index (χ2n) is 1.90. The van der Waals surface area contributed by atoms with Gasteiger partial charge in [-0.25, -0.2) is 0 Å². The molecule has 0 aromatic carbocycles. The molecule has 0 aliphatic rings. The number of rotatable bonds is 1. The van der Waals surface area contributed by atoms with Gasteiger partial charge in [0.2, 0.25) is 0 Å². The van der Waals surface area contributed by atoms with E-state index in [2.05, 4.69) is 20.9 Å². The number of aromatic nitrogens is 1. The Labute approximate surface area is 73.3 Å². The number of hydrogen-bond acceptors (Lipinski definition) is 2. The third-order valence-corrected chi connectivity index (χ3v) is 1.51. The number of hydrogen-bond donors (Lipinski definition) is 0. The largest absolute Gasteiger partial charge is 0.263 e. The lowest BCUT2D eigenvalue weighted by Crippen LogP contribution is -1.74. The second-order valence-corrected chi connectivity index (χ2v) is 2.81. The van der Waals surface area contributed by atoms with Crippen LogP contribution in [0.5, 0.6) is 0 Å². The van der Waals surface area contributed by atoms with Gasteiger partial charge in [0.15, 0.2) is 0 Å². The molecule has 11 heavy (non-hydrogen) atoms. The third-order valence-electron chi connectivity index (χ3n) is 1.08. The van der Waals surface area contributed by atoms with E-state index in [-0.39, 0.29) is 0 Å². The van der Waals surface area contributed by atoms with Crippen molar-refractivity contribution >= 4 is 22.0 Å². The Kier molecular flexibility index (Phi) is 2.82. The number of nitrogens with zero attached hydrogens (tertiary/aromatic N) is 2. The molecule has 0 saturated carbocycles. The van der Waals surface area contributed by atoms with Crippen LogP contribution in [0.25, 0.3) is 6.08 Å². The molecular weight excluding hydrogens is 204 g/mol. The van der Waals surface area contributed by atoms with Crippen LogP contribution in [0.15, 0.2) is 29.0 Å². The number of halogens is 1. The monoisotopic (exact) mass is 208 g/mol. The van der Waals surface area contributed by atoms with Crippen LogP contribution in [-0.4, -0.2) is 4.98 Å². The molecular formula is C8H5BrN2. The first-order valence-electron chi connectivity index (χ1n) is 2.99. The molecule has 0 saturated heterocycles. The van der Waals surface area contributed by atoms with Gasteiger partial charge in [0.1, 0.15) is 0 Å². The fraction of sp³-hybridized carbons (Fsp3) is 0. The molecule has 0 amide bonds. The maximum Gasteiger partial charge on any atom is 0.0912 e. The van der Waals surface area contributed by atoms with Gasteiger partial charge in [-0.05, 0) is 33.6 Å². The normalized spacial score (nSPS) is 9.82. The highest BCUT2D eigenvalue weighted by Crippen LogP contribution is 2.10. The number of nitriles is 1. The summed E-state index contributed by atoms with van der Waals surface area (Å²) in [5, 5.41) is 8.23. The molecule has 0 aliphatic heterocycles. The molecule has 0 bridgehead atoms. The molecule has 2 nitrogen and oxygen atoms in total. The maximum atomic E-state index is 8.23. The molecule has 1 aromatic heterocycles. The van der Waals surface area contributed by atoms with Gasteiger partial charge in [0.05, 0.1) is 6.07 Å². The lowest BCUT2D eigenvalue weighted by Gasteiger charge is -1.90. The summed E-state index contributed by atoms with van der Waals surface area (Å²) in [5.74, 6) is 0. The minimum Gasteiger partial charge on any atom is -0.263 e. The summed E-state index contributed by atoms with van der Waals surface area (Å²) in [6.45, 7) is 0. The van der Waals surface area contributed by atoms with E-state index >= 15 is 0 Å². The van der Waals surface area contributed by atoms with Gasteiger partial charge in [-0.15, -0.1) is 0 Å². The van der Waals surface area contributed by atoms with Crippen molar-refractivity contribution in [2.45, 2.75) is 0 Å². The molecule has 1 heterocycles. The molecule has 0 fully saturated rings. The Morgan fingerprint density at radius 3 is 3.00 bits per heavy atom. The standard InChI is InChI=1S/C8H5BrN2/c9-8-4-7(2-1-3-10)5-11-6-8/h1-2,4-6H/b2-1-.